The number of ether oxygens (including phenoxy) is 1. The number of nitrogens with zero attached hydrogens (tertiary/aromatic N) is 2. The van der Waals surface area contributed by atoms with E-state index < -0.39 is 0 Å². The van der Waals surface area contributed by atoms with Crippen molar-refractivity contribution in [3.63, 3.8) is 0 Å². The van der Waals surface area contributed by atoms with Crippen LogP contribution in [0.4, 0.5) is 0 Å². The minimum atomic E-state index is -0.268. The van der Waals surface area contributed by atoms with Gasteiger partial charge in [0.2, 0.25) is 11.8 Å². The number of likely N-dealkylation sites (tertiary alicyclic amines) is 1. The smallest absolute Gasteiger partial charge is 0.245 e. The summed E-state index contributed by atoms with van der Waals surface area (Å²) in [4.78, 5) is 29.7. The van der Waals surface area contributed by atoms with E-state index >= 15 is 0 Å². The molecule has 21 heavy (non-hydrogen) atoms. The summed E-state index contributed by atoms with van der Waals surface area (Å²) >= 11 is 1.59. The van der Waals surface area contributed by atoms with Crippen LogP contribution in [-0.4, -0.2) is 60.5 Å². The summed E-state index contributed by atoms with van der Waals surface area (Å²) in [6.07, 6.45) is 2.11. The quantitative estimate of drug-likeness (QED) is 0.841. The predicted octanol–water partition coefficient (Wildman–Crippen LogP) is 1.14. The summed E-state index contributed by atoms with van der Waals surface area (Å²) in [5, 5.41) is 1.98. The molecule has 2 fully saturated rings. The average molecular weight is 308 g/mol. The first kappa shape index (κ1) is 14.5. The average Bonchev–Trinajstić information content (AvgIpc) is 3.18. The van der Waals surface area contributed by atoms with Crippen molar-refractivity contribution >= 4 is 23.2 Å². The summed E-state index contributed by atoms with van der Waals surface area (Å²) < 4.78 is 5.28. The Bertz CT molecular complexity index is 497. The van der Waals surface area contributed by atoms with Gasteiger partial charge >= 0.3 is 0 Å². The Labute approximate surface area is 128 Å². The molecule has 2 saturated heterocycles. The molecule has 0 N–H and O–H groups in total. The molecule has 0 unspecified atom stereocenters. The fourth-order valence-electron chi connectivity index (χ4n) is 2.98. The third-order valence-electron chi connectivity index (χ3n) is 4.09. The summed E-state index contributed by atoms with van der Waals surface area (Å²) in [6.45, 7) is 3.18. The highest BCUT2D eigenvalue weighted by Gasteiger charge is 2.36. The molecule has 0 bridgehead atoms. The molecule has 0 spiro atoms. The lowest BCUT2D eigenvalue weighted by Gasteiger charge is -2.32. The second-order valence-corrected chi connectivity index (χ2v) is 6.47. The van der Waals surface area contributed by atoms with Crippen LogP contribution in [0.3, 0.4) is 0 Å². The first-order chi connectivity index (χ1) is 10.3. The maximum absolute atomic E-state index is 12.6. The predicted molar refractivity (Wildman–Crippen MR) is 80.2 cm³/mol. The lowest BCUT2D eigenvalue weighted by Crippen LogP contribution is -2.51. The summed E-state index contributed by atoms with van der Waals surface area (Å²) in [5.74, 6) is 0.164. The van der Waals surface area contributed by atoms with Crippen molar-refractivity contribution in [1.82, 2.24) is 9.80 Å². The molecule has 2 aliphatic rings. The van der Waals surface area contributed by atoms with E-state index in [4.69, 9.17) is 4.74 Å². The Morgan fingerprint density at radius 3 is 2.81 bits per heavy atom. The van der Waals surface area contributed by atoms with Crippen LogP contribution in [0.1, 0.15) is 17.7 Å². The van der Waals surface area contributed by atoms with Gasteiger partial charge in [-0.2, -0.15) is 0 Å². The number of rotatable bonds is 3. The fraction of sp³-hybridized carbons (Fsp3) is 0.600. The minimum Gasteiger partial charge on any atom is -0.378 e. The van der Waals surface area contributed by atoms with E-state index in [1.165, 1.54) is 0 Å². The van der Waals surface area contributed by atoms with Crippen LogP contribution < -0.4 is 0 Å². The monoisotopic (exact) mass is 308 g/mol. The third kappa shape index (κ3) is 3.27. The summed E-state index contributed by atoms with van der Waals surface area (Å²) in [5.41, 5.74) is 0. The van der Waals surface area contributed by atoms with Crippen LogP contribution in [0.5, 0.6) is 0 Å². The van der Waals surface area contributed by atoms with Crippen LogP contribution >= 0.6 is 11.3 Å². The van der Waals surface area contributed by atoms with Crippen LogP contribution in [-0.2, 0) is 20.7 Å². The topological polar surface area (TPSA) is 49.9 Å². The van der Waals surface area contributed by atoms with Gasteiger partial charge in [0.15, 0.2) is 0 Å². The van der Waals surface area contributed by atoms with Gasteiger partial charge in [0.25, 0.3) is 0 Å². The zero-order chi connectivity index (χ0) is 14.7. The van der Waals surface area contributed by atoms with E-state index in [0.717, 1.165) is 17.7 Å². The van der Waals surface area contributed by atoms with E-state index in [-0.39, 0.29) is 17.9 Å². The Kier molecular flexibility index (Phi) is 4.55. The van der Waals surface area contributed by atoms with Gasteiger partial charge in [-0.15, -0.1) is 11.3 Å². The first-order valence-electron chi connectivity index (χ1n) is 7.44. The van der Waals surface area contributed by atoms with Gasteiger partial charge in [0.05, 0.1) is 19.6 Å². The number of amides is 2. The molecule has 0 saturated carbocycles. The molecule has 6 heteroatoms. The molecular formula is C15H20N2O3S. The molecule has 1 aromatic heterocycles. The molecule has 3 rings (SSSR count). The van der Waals surface area contributed by atoms with Crippen molar-refractivity contribution in [2.45, 2.75) is 25.3 Å². The van der Waals surface area contributed by atoms with Gasteiger partial charge in [-0.05, 0) is 24.3 Å². The van der Waals surface area contributed by atoms with Gasteiger partial charge in [-0.3, -0.25) is 9.59 Å². The van der Waals surface area contributed by atoms with Gasteiger partial charge < -0.3 is 14.5 Å². The maximum Gasteiger partial charge on any atom is 0.245 e. The molecular weight excluding hydrogens is 288 g/mol. The highest BCUT2D eigenvalue weighted by Crippen LogP contribution is 2.22. The van der Waals surface area contributed by atoms with E-state index in [2.05, 4.69) is 0 Å². The molecule has 2 amide bonds. The molecule has 0 aromatic carbocycles. The largest absolute Gasteiger partial charge is 0.378 e. The molecule has 3 heterocycles. The number of morpholine rings is 1. The van der Waals surface area contributed by atoms with Crippen LogP contribution in [0, 0.1) is 0 Å². The molecule has 2 aliphatic heterocycles. The lowest BCUT2D eigenvalue weighted by atomic mass is 10.1. The highest BCUT2D eigenvalue weighted by atomic mass is 32.1. The Morgan fingerprint density at radius 2 is 2.10 bits per heavy atom. The molecule has 1 atom stereocenters. The second-order valence-electron chi connectivity index (χ2n) is 5.44. The molecule has 0 radical (unpaired) electrons. The standard InChI is InChI=1S/C15H20N2O3S/c18-14(11-12-3-2-10-21-12)17-5-1-4-13(17)15(19)16-6-8-20-9-7-16/h2-3,10,13H,1,4-9,11H2/t13-/m0/s1. The van der Waals surface area contributed by atoms with Crippen molar-refractivity contribution in [2.75, 3.05) is 32.8 Å². The maximum atomic E-state index is 12.6. The number of hydrogen-bond acceptors (Lipinski definition) is 4. The number of hydrogen-bond donors (Lipinski definition) is 0. The molecule has 0 aliphatic carbocycles. The number of carbonyl (C=O) groups excluding carboxylic acids is 2. The van der Waals surface area contributed by atoms with E-state index in [0.29, 0.717) is 39.3 Å². The summed E-state index contributed by atoms with van der Waals surface area (Å²) in [6, 6.07) is 3.65. The van der Waals surface area contributed by atoms with Crippen molar-refractivity contribution in [3.05, 3.63) is 22.4 Å². The minimum absolute atomic E-state index is 0.0709. The highest BCUT2D eigenvalue weighted by molar-refractivity contribution is 7.10. The normalized spacial score (nSPS) is 22.6. The Hall–Kier alpha value is -1.40. The van der Waals surface area contributed by atoms with Gasteiger partial charge in [-0.1, -0.05) is 6.07 Å². The van der Waals surface area contributed by atoms with E-state index in [1.54, 1.807) is 16.2 Å². The van der Waals surface area contributed by atoms with Crippen molar-refractivity contribution in [1.29, 1.82) is 0 Å². The first-order valence-corrected chi connectivity index (χ1v) is 8.32. The molecule has 1 aromatic rings. The zero-order valence-corrected chi connectivity index (χ0v) is 12.8. The molecule has 5 nitrogen and oxygen atoms in total. The third-order valence-corrected chi connectivity index (χ3v) is 4.96. The van der Waals surface area contributed by atoms with Gasteiger partial charge in [-0.25, -0.2) is 0 Å². The lowest BCUT2D eigenvalue weighted by molar-refractivity contribution is -0.146. The van der Waals surface area contributed by atoms with Crippen molar-refractivity contribution < 1.29 is 14.3 Å². The fourth-order valence-corrected chi connectivity index (χ4v) is 3.68. The van der Waals surface area contributed by atoms with Crippen LogP contribution in [0.15, 0.2) is 17.5 Å². The second kappa shape index (κ2) is 6.58. The van der Waals surface area contributed by atoms with Crippen LogP contribution in [0.2, 0.25) is 0 Å². The van der Waals surface area contributed by atoms with Crippen molar-refractivity contribution in [3.8, 4) is 0 Å². The van der Waals surface area contributed by atoms with Gasteiger partial charge in [0.1, 0.15) is 6.04 Å². The SMILES string of the molecule is O=C([C@@H]1CCCN1C(=O)Cc1cccs1)N1CCOCC1. The summed E-state index contributed by atoms with van der Waals surface area (Å²) in [7, 11) is 0. The Balaban J connectivity index is 1.64. The number of thiophene rings is 1. The van der Waals surface area contributed by atoms with E-state index in [9.17, 15) is 9.59 Å². The molecule has 114 valence electrons. The van der Waals surface area contributed by atoms with Crippen LogP contribution in [0.25, 0.3) is 0 Å². The number of carbonyl (C=O) groups is 2. The van der Waals surface area contributed by atoms with E-state index in [1.807, 2.05) is 22.4 Å². The zero-order valence-electron chi connectivity index (χ0n) is 12.0. The van der Waals surface area contributed by atoms with Crippen molar-refractivity contribution in [2.24, 2.45) is 0 Å². The Morgan fingerprint density at radius 1 is 1.29 bits per heavy atom. The van der Waals surface area contributed by atoms with Gasteiger partial charge in [0, 0.05) is 24.5 Å².